The molecule has 2 nitrogen and oxygen atoms in total. The van der Waals surface area contributed by atoms with E-state index in [1.165, 1.54) is 0 Å². The van der Waals surface area contributed by atoms with Crippen molar-refractivity contribution in [2.45, 2.75) is 0 Å². The number of halogens is 1. The molecule has 0 heterocycles. The lowest BCUT2D eigenvalue weighted by Crippen LogP contribution is -1.72. The van der Waals surface area contributed by atoms with E-state index in [1.54, 1.807) is 23.0 Å². The van der Waals surface area contributed by atoms with Gasteiger partial charge >= 0.3 is 0 Å². The maximum absolute atomic E-state index is 6.25. The molecule has 6 heavy (non-hydrogen) atoms. The first-order valence-corrected chi connectivity index (χ1v) is 4.95. The van der Waals surface area contributed by atoms with Crippen molar-refractivity contribution in [1.82, 2.24) is 0 Å². The summed E-state index contributed by atoms with van der Waals surface area (Å²) < 4.78 is 11.0. The molecule has 0 amide bonds. The lowest BCUT2D eigenvalue weighted by molar-refractivity contribution is 0.660. The van der Waals surface area contributed by atoms with Gasteiger partial charge in [-0.1, -0.05) is 0 Å². The molecule has 5 heteroatoms. The molecule has 1 N–H and O–H groups in total. The summed E-state index contributed by atoms with van der Waals surface area (Å²) in [7, 11) is 0.347. The van der Waals surface area contributed by atoms with Crippen LogP contribution in [0.15, 0.2) is 0 Å². The Bertz CT molecular complexity index is 78.1. The molecule has 38 valence electrons. The molecular weight excluding hydrogens is 234 g/mol. The Labute approximate surface area is 56.1 Å². The Hall–Kier alpha value is 1.30. The van der Waals surface area contributed by atoms with E-state index in [0.717, 1.165) is 0 Å². The van der Waals surface area contributed by atoms with Gasteiger partial charge in [0.2, 0.25) is 1.43 Å². The van der Waals surface area contributed by atoms with Gasteiger partial charge in [-0.2, -0.15) is 0 Å². The number of hydrogen-bond acceptors (Lipinski definition) is 2. The zero-order valence-corrected chi connectivity index (χ0v) is 6.92. The van der Waals surface area contributed by atoms with Gasteiger partial charge in [-0.05, 0) is 0 Å². The van der Waals surface area contributed by atoms with Crippen molar-refractivity contribution < 1.29 is 7.41 Å². The maximum Gasteiger partial charge on any atom is 0.224 e. The third-order valence-electron chi connectivity index (χ3n) is 0.196. The van der Waals surface area contributed by atoms with E-state index in [0.29, 0.717) is 7.58 Å². The van der Waals surface area contributed by atoms with Crippen molar-refractivity contribution in [3.05, 3.63) is 0 Å². The molecule has 0 saturated heterocycles. The van der Waals surface area contributed by atoms with Gasteiger partial charge in [0.25, 0.3) is 0 Å². The average molecular weight is 239 g/mol. The number of rotatable bonds is 2. The van der Waals surface area contributed by atoms with Gasteiger partial charge in [0, 0.05) is 16.6 Å². The van der Waals surface area contributed by atoms with Crippen LogP contribution < -0.4 is 0 Å². The Kier molecular flexibility index (Phi) is 4.04. The summed E-state index contributed by atoms with van der Waals surface area (Å²) in [4.78, 5) is 4.00. The van der Waals surface area contributed by atoms with E-state index in [9.17, 15) is 0 Å². The minimum Gasteiger partial charge on any atom is -0.335 e. The van der Waals surface area contributed by atoms with Crippen molar-refractivity contribution in [2.24, 2.45) is 0 Å². The topological polar surface area (TPSA) is 29.5 Å². The first kappa shape index (κ1) is 5.44. The van der Waals surface area contributed by atoms with Crippen LogP contribution in [-0.2, 0) is 12.9 Å². The van der Waals surface area contributed by atoms with E-state index >= 15 is 0 Å². The molecule has 1 unspecified atom stereocenters. The van der Waals surface area contributed by atoms with Crippen LogP contribution in [-0.4, -0.2) is 12.6 Å². The van der Waals surface area contributed by atoms with Gasteiger partial charge in [0.05, 0.1) is 0 Å². The second kappa shape index (κ2) is 4.46. The van der Waals surface area contributed by atoms with Crippen LogP contribution >= 0.6 is 30.6 Å². The summed E-state index contributed by atoms with van der Waals surface area (Å²) in [5.41, 5.74) is 0. The van der Waals surface area contributed by atoms with Crippen molar-refractivity contribution in [1.29, 1.82) is 1.43 Å². The molecule has 0 aromatic heterocycles. The first-order chi connectivity index (χ1) is 3.31. The van der Waals surface area contributed by atoms with Crippen LogP contribution in [0.25, 0.3) is 0 Å². The molecular formula is CH4IO2PS. The predicted molar refractivity (Wildman–Crippen MR) is 37.5 cm³/mol. The lowest BCUT2D eigenvalue weighted by atomic mass is 12.0. The third kappa shape index (κ3) is 3.49. The molecule has 0 aromatic carbocycles. The van der Waals surface area contributed by atoms with Crippen molar-refractivity contribution in [3.63, 3.8) is 0 Å². The van der Waals surface area contributed by atoms with Crippen LogP contribution in [0, 0.1) is 0 Å². The molecule has 0 spiro atoms. The quantitative estimate of drug-likeness (QED) is 0.581. The van der Waals surface area contributed by atoms with Gasteiger partial charge in [0.1, 0.15) is 30.6 Å². The fourth-order valence-corrected chi connectivity index (χ4v) is 0.694. The van der Waals surface area contributed by atoms with Crippen LogP contribution in [0.3, 0.4) is 0 Å². The minimum absolute atomic E-state index is 0.228. The normalized spacial score (nSPS) is 17.3. The standard InChI is InChI=1S/CH4IO2PS/c1-6(4-2)5-3/h3H,1H3/i/hD. The maximum atomic E-state index is 6.25. The predicted octanol–water partition coefficient (Wildman–Crippen LogP) is 1.28. The molecule has 0 saturated carbocycles. The largest absolute Gasteiger partial charge is 0.335 e. The van der Waals surface area contributed by atoms with E-state index in [2.05, 4.69) is 4.90 Å². The number of hydrogen-bond donors (Lipinski definition) is 1. The van der Waals surface area contributed by atoms with Gasteiger partial charge in [0.15, 0.2) is 0 Å². The van der Waals surface area contributed by atoms with Gasteiger partial charge in [-0.3, -0.25) is 0 Å². The fourth-order valence-electron chi connectivity index (χ4n) is 0.0115. The molecule has 0 bridgehead atoms. The highest BCUT2D eigenvalue weighted by molar-refractivity contribution is 14.1. The monoisotopic (exact) mass is 239 g/mol. The summed E-state index contributed by atoms with van der Waals surface area (Å²) in [5, 5.41) is 0. The summed E-state index contributed by atoms with van der Waals surface area (Å²) in [6.07, 6.45) is 1.85. The van der Waals surface area contributed by atoms with Gasteiger partial charge in [-0.15, -0.1) is 0 Å². The van der Waals surface area contributed by atoms with Crippen LogP contribution in [0.4, 0.5) is 0 Å². The van der Waals surface area contributed by atoms with E-state index in [4.69, 9.17) is 3.94 Å². The second-order valence-corrected chi connectivity index (χ2v) is 4.75. The molecule has 0 aromatic rings. The first-order valence-electron chi connectivity index (χ1n) is 1.50. The van der Waals surface area contributed by atoms with Gasteiger partial charge < -0.3 is 4.90 Å². The molecule has 0 aliphatic heterocycles. The summed E-state index contributed by atoms with van der Waals surface area (Å²) >= 11 is 1.78. The second-order valence-electron chi connectivity index (χ2n) is 0.561. The van der Waals surface area contributed by atoms with Gasteiger partial charge in [-0.25, -0.2) is 2.51 Å². The minimum atomic E-state index is -0.228. The summed E-state index contributed by atoms with van der Waals surface area (Å²) in [6.45, 7) is 0. The average Bonchev–Trinajstić information content (AvgIpc) is 1.68. The fraction of sp³-hybridized carbons (Fsp3) is 1.00. The van der Waals surface area contributed by atoms with Crippen LogP contribution in [0.5, 0.6) is 0 Å². The van der Waals surface area contributed by atoms with Crippen LogP contribution in [0.2, 0.25) is 0 Å². The summed E-state index contributed by atoms with van der Waals surface area (Å²) in [5.74, 6) is 0. The summed E-state index contributed by atoms with van der Waals surface area (Å²) in [6, 6.07) is 0. The zero-order chi connectivity index (χ0) is 5.70. The van der Waals surface area contributed by atoms with Crippen molar-refractivity contribution >= 4 is 40.9 Å². The van der Waals surface area contributed by atoms with Crippen LogP contribution in [0.1, 0.15) is 0 Å². The molecule has 0 fully saturated rings. The molecule has 1 atom stereocenters. The molecule has 0 aliphatic rings. The Morgan fingerprint density at radius 3 is 3.17 bits per heavy atom. The Balaban J connectivity index is 3.29. The highest BCUT2D eigenvalue weighted by Gasteiger charge is 1.75. The zero-order valence-electron chi connectivity index (χ0n) is 4.05. The highest BCUT2D eigenvalue weighted by atomic mass is 127. The van der Waals surface area contributed by atoms with E-state index in [-0.39, 0.29) is 10.4 Å². The van der Waals surface area contributed by atoms with Crippen molar-refractivity contribution in [3.8, 4) is 0 Å². The third-order valence-corrected chi connectivity index (χ3v) is 3.91. The van der Waals surface area contributed by atoms with E-state index in [1.807, 2.05) is 6.26 Å². The molecule has 0 radical (unpaired) electrons. The lowest BCUT2D eigenvalue weighted by Gasteiger charge is -1.84. The smallest absolute Gasteiger partial charge is 0.224 e. The van der Waals surface area contributed by atoms with E-state index < -0.39 is 0 Å². The Morgan fingerprint density at radius 2 is 3.00 bits per heavy atom. The molecule has 0 aliphatic carbocycles. The van der Waals surface area contributed by atoms with Crippen molar-refractivity contribution in [2.75, 3.05) is 6.26 Å². The Morgan fingerprint density at radius 1 is 2.33 bits per heavy atom. The molecule has 0 rings (SSSR count). The highest BCUT2D eigenvalue weighted by Crippen LogP contribution is 2.01. The SMILES string of the molecule is [2H]OP=S(C)OI.